The van der Waals surface area contributed by atoms with Gasteiger partial charge in [0.2, 0.25) is 10.0 Å². The first-order valence-electron chi connectivity index (χ1n) is 14.1. The number of piperidine rings is 1. The molecule has 2 heterocycles. The van der Waals surface area contributed by atoms with Crippen molar-refractivity contribution < 1.29 is 13.2 Å². The highest BCUT2D eigenvalue weighted by molar-refractivity contribution is 7.88. The van der Waals surface area contributed by atoms with Crippen molar-refractivity contribution in [3.8, 4) is 0 Å². The number of rotatable bonds is 2. The molecule has 5 nitrogen and oxygen atoms in total. The van der Waals surface area contributed by atoms with E-state index in [0.717, 1.165) is 49.5 Å². The van der Waals surface area contributed by atoms with Gasteiger partial charge in [-0.3, -0.25) is 0 Å². The molecule has 10 unspecified atom stereocenters. The highest BCUT2D eigenvalue weighted by atomic mass is 32.2. The number of ether oxygens (including phenoxy) is 1. The molecule has 2 aliphatic heterocycles. The lowest BCUT2D eigenvalue weighted by Gasteiger charge is -2.54. The van der Waals surface area contributed by atoms with Gasteiger partial charge < -0.3 is 10.1 Å². The third-order valence-electron chi connectivity index (χ3n) is 11.4. The molecule has 0 radical (unpaired) electrons. The number of allylic oxidation sites excluding steroid dienone is 1. The van der Waals surface area contributed by atoms with Crippen LogP contribution >= 0.6 is 0 Å². The van der Waals surface area contributed by atoms with Gasteiger partial charge in [0.25, 0.3) is 0 Å². The lowest BCUT2D eigenvalue weighted by molar-refractivity contribution is -0.0647. The van der Waals surface area contributed by atoms with Gasteiger partial charge >= 0.3 is 0 Å². The van der Waals surface area contributed by atoms with Crippen LogP contribution in [0, 0.1) is 35.0 Å². The SMILES string of the molecule is CC1=C2CC3C(CCC4CC(NS(C)(=O)=O)CCC43C)C2CCC2(C1)CC1NCC(C)CC1O2. The van der Waals surface area contributed by atoms with Crippen LogP contribution in [0.4, 0.5) is 0 Å². The minimum absolute atomic E-state index is 0.0692. The normalized spacial score (nSPS) is 50.9. The Balaban J connectivity index is 1.20. The summed E-state index contributed by atoms with van der Waals surface area (Å²) in [4.78, 5) is 0. The number of sulfonamides is 1. The quantitative estimate of drug-likeness (QED) is 0.547. The second kappa shape index (κ2) is 8.29. The van der Waals surface area contributed by atoms with Crippen LogP contribution in [-0.4, -0.2) is 45.0 Å². The third-order valence-corrected chi connectivity index (χ3v) is 12.1. The van der Waals surface area contributed by atoms with E-state index in [1.165, 1.54) is 57.6 Å². The lowest BCUT2D eigenvalue weighted by atomic mass is 9.52. The first-order valence-corrected chi connectivity index (χ1v) is 16.0. The zero-order valence-electron chi connectivity index (χ0n) is 21.7. The standard InChI is InChI=1S/C28H46N2O3S/c1-17-11-26-25(29-16-17)15-28(33-26)10-8-21-22-6-5-19-12-20(30-34(4,31)32)7-9-27(19,3)24(22)13-23(21)18(2)14-28/h17,19-22,24-26,29-30H,5-16H2,1-4H3. The third kappa shape index (κ3) is 4.03. The van der Waals surface area contributed by atoms with Crippen LogP contribution in [0.3, 0.4) is 0 Å². The van der Waals surface area contributed by atoms with Crippen LogP contribution in [0.2, 0.25) is 0 Å². The maximum Gasteiger partial charge on any atom is 0.208 e. The predicted molar refractivity (Wildman–Crippen MR) is 136 cm³/mol. The average molecular weight is 491 g/mol. The van der Waals surface area contributed by atoms with Gasteiger partial charge in [0.15, 0.2) is 0 Å². The van der Waals surface area contributed by atoms with E-state index in [2.05, 4.69) is 30.8 Å². The summed E-state index contributed by atoms with van der Waals surface area (Å²) in [6.07, 6.45) is 14.9. The Morgan fingerprint density at radius 3 is 2.74 bits per heavy atom. The Morgan fingerprint density at radius 1 is 1.12 bits per heavy atom. The van der Waals surface area contributed by atoms with Crippen molar-refractivity contribution >= 4 is 10.0 Å². The van der Waals surface area contributed by atoms with E-state index < -0.39 is 10.0 Å². The smallest absolute Gasteiger partial charge is 0.208 e. The van der Waals surface area contributed by atoms with Gasteiger partial charge in [-0.05, 0) is 119 Å². The van der Waals surface area contributed by atoms with E-state index in [0.29, 0.717) is 23.5 Å². The highest BCUT2D eigenvalue weighted by Gasteiger charge is 2.57. The van der Waals surface area contributed by atoms with Crippen molar-refractivity contribution in [2.24, 2.45) is 35.0 Å². The Morgan fingerprint density at radius 2 is 1.94 bits per heavy atom. The molecule has 2 N–H and O–H groups in total. The monoisotopic (exact) mass is 490 g/mol. The summed E-state index contributed by atoms with van der Waals surface area (Å²) < 4.78 is 33.5. The summed E-state index contributed by atoms with van der Waals surface area (Å²) in [5.41, 5.74) is 3.88. The summed E-state index contributed by atoms with van der Waals surface area (Å²) in [6, 6.07) is 0.696. The zero-order chi connectivity index (χ0) is 23.9. The first-order chi connectivity index (χ1) is 16.1. The molecule has 6 rings (SSSR count). The molecule has 6 heteroatoms. The largest absolute Gasteiger partial charge is 0.370 e. The molecule has 192 valence electrons. The number of fused-ring (bicyclic) bond motifs is 6. The van der Waals surface area contributed by atoms with E-state index in [1.807, 2.05) is 0 Å². The van der Waals surface area contributed by atoms with Gasteiger partial charge in [0.05, 0.1) is 18.0 Å². The second-order valence-electron chi connectivity index (χ2n) is 13.6. The Bertz CT molecular complexity index is 963. The van der Waals surface area contributed by atoms with Crippen LogP contribution in [0.15, 0.2) is 11.1 Å². The molecule has 34 heavy (non-hydrogen) atoms. The van der Waals surface area contributed by atoms with Gasteiger partial charge in [-0.1, -0.05) is 25.0 Å². The van der Waals surface area contributed by atoms with Crippen molar-refractivity contribution in [3.63, 3.8) is 0 Å². The molecule has 0 aromatic heterocycles. The number of hydrogen-bond donors (Lipinski definition) is 2. The summed E-state index contributed by atoms with van der Waals surface area (Å²) in [5.74, 6) is 3.74. The minimum Gasteiger partial charge on any atom is -0.370 e. The fourth-order valence-corrected chi connectivity index (χ4v) is 10.7. The second-order valence-corrected chi connectivity index (χ2v) is 15.4. The number of hydrogen-bond acceptors (Lipinski definition) is 4. The lowest BCUT2D eigenvalue weighted by Crippen LogP contribution is -2.50. The van der Waals surface area contributed by atoms with Gasteiger partial charge in [-0.25, -0.2) is 13.1 Å². The van der Waals surface area contributed by atoms with E-state index in [-0.39, 0.29) is 11.6 Å². The molecule has 10 atom stereocenters. The van der Waals surface area contributed by atoms with Crippen molar-refractivity contribution in [1.29, 1.82) is 0 Å². The Hall–Kier alpha value is -0.430. The molecular formula is C28H46N2O3S. The molecule has 6 aliphatic rings. The van der Waals surface area contributed by atoms with Crippen molar-refractivity contribution in [1.82, 2.24) is 10.0 Å². The van der Waals surface area contributed by atoms with Gasteiger partial charge in [0, 0.05) is 12.1 Å². The topological polar surface area (TPSA) is 67.4 Å². The van der Waals surface area contributed by atoms with E-state index in [9.17, 15) is 8.42 Å². The van der Waals surface area contributed by atoms with Crippen molar-refractivity contribution in [3.05, 3.63) is 11.1 Å². The van der Waals surface area contributed by atoms with Crippen LogP contribution in [0.5, 0.6) is 0 Å². The molecule has 0 amide bonds. The van der Waals surface area contributed by atoms with Gasteiger partial charge in [0.1, 0.15) is 0 Å². The molecule has 5 fully saturated rings. The fourth-order valence-electron chi connectivity index (χ4n) is 9.85. The van der Waals surface area contributed by atoms with Crippen LogP contribution in [0.1, 0.15) is 91.4 Å². The first kappa shape index (κ1) is 23.9. The average Bonchev–Trinajstić information content (AvgIpc) is 3.26. The zero-order valence-corrected chi connectivity index (χ0v) is 22.6. The summed E-state index contributed by atoms with van der Waals surface area (Å²) in [6.45, 7) is 8.49. The molecular weight excluding hydrogens is 444 g/mol. The van der Waals surface area contributed by atoms with Crippen LogP contribution < -0.4 is 10.0 Å². The Labute approximate surface area is 207 Å². The van der Waals surface area contributed by atoms with E-state index in [4.69, 9.17) is 4.74 Å². The molecule has 0 aromatic rings. The predicted octanol–water partition coefficient (Wildman–Crippen LogP) is 4.78. The number of nitrogens with one attached hydrogen (secondary N) is 2. The summed E-state index contributed by atoms with van der Waals surface area (Å²) in [5, 5.41) is 3.80. The maximum atomic E-state index is 11.8. The van der Waals surface area contributed by atoms with Gasteiger partial charge in [-0.15, -0.1) is 0 Å². The molecule has 1 spiro atoms. The fraction of sp³-hybridized carbons (Fsp3) is 0.929. The van der Waals surface area contributed by atoms with Crippen molar-refractivity contribution in [2.75, 3.05) is 12.8 Å². The van der Waals surface area contributed by atoms with Crippen LogP contribution in [-0.2, 0) is 14.8 Å². The van der Waals surface area contributed by atoms with E-state index in [1.54, 1.807) is 11.1 Å². The summed E-state index contributed by atoms with van der Waals surface area (Å²) in [7, 11) is -3.12. The highest BCUT2D eigenvalue weighted by Crippen LogP contribution is 2.65. The molecule has 0 bridgehead atoms. The molecule has 2 saturated heterocycles. The van der Waals surface area contributed by atoms with Crippen molar-refractivity contribution in [2.45, 2.75) is 115 Å². The molecule has 3 saturated carbocycles. The molecule has 4 aliphatic carbocycles. The Kier molecular flexibility index (Phi) is 5.84. The minimum atomic E-state index is -3.12. The maximum absolute atomic E-state index is 11.8. The molecule has 0 aromatic carbocycles. The van der Waals surface area contributed by atoms with E-state index >= 15 is 0 Å². The van der Waals surface area contributed by atoms with Gasteiger partial charge in [-0.2, -0.15) is 0 Å². The van der Waals surface area contributed by atoms with Crippen LogP contribution in [0.25, 0.3) is 0 Å². The summed E-state index contributed by atoms with van der Waals surface area (Å²) >= 11 is 0.